The molecule has 1 N–H and O–H groups in total. The highest BCUT2D eigenvalue weighted by Crippen LogP contribution is 2.59. The van der Waals surface area contributed by atoms with E-state index < -0.39 is 34.2 Å². The summed E-state index contributed by atoms with van der Waals surface area (Å²) < 4.78 is 41.6. The quantitative estimate of drug-likeness (QED) is 0.293. The fourth-order valence-corrected chi connectivity index (χ4v) is 7.76. The minimum atomic E-state index is -4.56. The fraction of sp³-hybridized carbons (Fsp3) is 0.276. The summed E-state index contributed by atoms with van der Waals surface area (Å²) in [6.45, 7) is 0. The second-order valence-corrected chi connectivity index (χ2v) is 11.3. The maximum atomic E-state index is 13.7. The average Bonchev–Trinajstić information content (AvgIpc) is 3.49. The summed E-state index contributed by atoms with van der Waals surface area (Å²) in [6, 6.07) is 17.4. The third kappa shape index (κ3) is 4.00. The van der Waals surface area contributed by atoms with Gasteiger partial charge in [0.2, 0.25) is 0 Å². The van der Waals surface area contributed by atoms with Crippen LogP contribution in [0, 0.1) is 0 Å². The van der Waals surface area contributed by atoms with Crippen LogP contribution in [-0.2, 0) is 17.4 Å². The van der Waals surface area contributed by atoms with E-state index in [0.717, 1.165) is 41.3 Å². The molecule has 1 atom stereocenters. The molecule has 2 aliphatic rings. The molecule has 1 saturated carbocycles. The highest BCUT2D eigenvalue weighted by Gasteiger charge is 2.54. The average molecular weight is 537 g/mol. The summed E-state index contributed by atoms with van der Waals surface area (Å²) in [5.41, 5.74) is 0.367. The molecule has 2 heterocycles. The number of benzene rings is 3. The molecule has 9 heteroatoms. The van der Waals surface area contributed by atoms with Crippen LogP contribution in [0.4, 0.5) is 13.2 Å². The van der Waals surface area contributed by atoms with Gasteiger partial charge in [-0.1, -0.05) is 79.2 Å². The first-order valence-electron chi connectivity index (χ1n) is 12.4. The molecule has 0 radical (unpaired) electrons. The number of thioether (sulfide) groups is 1. The molecule has 1 aromatic heterocycles. The number of rotatable bonds is 4. The van der Waals surface area contributed by atoms with Crippen LogP contribution in [-0.4, -0.2) is 25.4 Å². The summed E-state index contributed by atoms with van der Waals surface area (Å²) in [5.74, 6) is -1.13. The molecule has 194 valence electrons. The molecule has 5 nitrogen and oxygen atoms in total. The lowest BCUT2D eigenvalue weighted by molar-refractivity contribution is -0.142. The van der Waals surface area contributed by atoms with Crippen LogP contribution in [0.25, 0.3) is 21.9 Å². The van der Waals surface area contributed by atoms with Gasteiger partial charge in [-0.3, -0.25) is 4.57 Å². The molecular formula is C29H23F3N2O3S. The Labute approximate surface area is 220 Å². The molecule has 38 heavy (non-hydrogen) atoms. The molecule has 1 unspecified atom stereocenters. The number of nitrogens with zero attached hydrogens (tertiary/aromatic N) is 2. The number of carbonyl (C=O) groups is 1. The Kier molecular flexibility index (Phi) is 5.86. The summed E-state index contributed by atoms with van der Waals surface area (Å²) in [5, 5.41) is 12.5. The van der Waals surface area contributed by atoms with E-state index in [9.17, 15) is 27.9 Å². The van der Waals surface area contributed by atoms with Gasteiger partial charge in [0, 0.05) is 12.0 Å². The van der Waals surface area contributed by atoms with Gasteiger partial charge in [-0.05, 0) is 46.9 Å². The first-order valence-corrected chi connectivity index (χ1v) is 13.2. The van der Waals surface area contributed by atoms with Crippen molar-refractivity contribution in [2.75, 3.05) is 0 Å². The van der Waals surface area contributed by atoms with E-state index >= 15 is 0 Å². The van der Waals surface area contributed by atoms with Crippen molar-refractivity contribution >= 4 is 28.5 Å². The molecule has 3 aromatic carbocycles. The van der Waals surface area contributed by atoms with Crippen LogP contribution in [0.15, 0.2) is 76.6 Å². The number of fused-ring (bicyclic) bond motifs is 2. The van der Waals surface area contributed by atoms with E-state index in [1.807, 2.05) is 42.5 Å². The highest BCUT2D eigenvalue weighted by atomic mass is 32.2. The maximum Gasteiger partial charge on any atom is 0.416 e. The number of hydrogen-bond donors (Lipinski definition) is 1. The summed E-state index contributed by atoms with van der Waals surface area (Å²) in [6.07, 6.45) is -1.48. The molecule has 1 spiro atoms. The smallest absolute Gasteiger partial charge is 0.416 e. The molecule has 1 fully saturated rings. The summed E-state index contributed by atoms with van der Waals surface area (Å²) >= 11 is 1.32. The molecule has 6 rings (SSSR count). The highest BCUT2D eigenvalue weighted by molar-refractivity contribution is 8.01. The van der Waals surface area contributed by atoms with Crippen LogP contribution < -0.4 is 5.69 Å². The first kappa shape index (κ1) is 24.7. The van der Waals surface area contributed by atoms with Gasteiger partial charge in [-0.25, -0.2) is 9.59 Å². The van der Waals surface area contributed by atoms with E-state index in [1.165, 1.54) is 22.4 Å². The Balaban J connectivity index is 1.61. The van der Waals surface area contributed by atoms with E-state index in [2.05, 4.69) is 4.98 Å². The van der Waals surface area contributed by atoms with Crippen molar-refractivity contribution in [1.82, 2.24) is 9.55 Å². The minimum Gasteiger partial charge on any atom is -0.480 e. The van der Waals surface area contributed by atoms with Crippen LogP contribution >= 0.6 is 11.8 Å². The van der Waals surface area contributed by atoms with Crippen molar-refractivity contribution in [2.24, 2.45) is 0 Å². The predicted molar refractivity (Wildman–Crippen MR) is 139 cm³/mol. The number of aliphatic carboxylic acids is 1. The van der Waals surface area contributed by atoms with Gasteiger partial charge in [0.25, 0.3) is 0 Å². The van der Waals surface area contributed by atoms with Gasteiger partial charge in [0.05, 0.1) is 21.0 Å². The minimum absolute atomic E-state index is 0.210. The van der Waals surface area contributed by atoms with E-state index in [1.54, 1.807) is 6.07 Å². The Morgan fingerprint density at radius 3 is 2.50 bits per heavy atom. The first-order chi connectivity index (χ1) is 18.2. The van der Waals surface area contributed by atoms with Crippen molar-refractivity contribution in [3.63, 3.8) is 0 Å². The molecular weight excluding hydrogens is 513 g/mol. The van der Waals surface area contributed by atoms with Gasteiger partial charge >= 0.3 is 17.8 Å². The normalized spacial score (nSPS) is 18.2. The molecule has 0 saturated heterocycles. The van der Waals surface area contributed by atoms with Crippen molar-refractivity contribution in [2.45, 2.75) is 54.1 Å². The molecule has 1 aliphatic heterocycles. The summed E-state index contributed by atoms with van der Waals surface area (Å²) in [7, 11) is 0. The van der Waals surface area contributed by atoms with Crippen molar-refractivity contribution in [3.8, 4) is 11.1 Å². The zero-order valence-electron chi connectivity index (χ0n) is 20.2. The molecule has 0 amide bonds. The molecule has 4 aromatic rings. The lowest BCUT2D eigenvalue weighted by atomic mass is 9.95. The van der Waals surface area contributed by atoms with Crippen molar-refractivity contribution in [3.05, 3.63) is 94.0 Å². The van der Waals surface area contributed by atoms with Gasteiger partial charge in [-0.15, -0.1) is 0 Å². The van der Waals surface area contributed by atoms with E-state index in [-0.39, 0.29) is 12.0 Å². The maximum absolute atomic E-state index is 13.7. The largest absolute Gasteiger partial charge is 0.480 e. The van der Waals surface area contributed by atoms with Gasteiger partial charge in [-0.2, -0.15) is 18.2 Å². The van der Waals surface area contributed by atoms with Crippen LogP contribution in [0.2, 0.25) is 0 Å². The lowest BCUT2D eigenvalue weighted by Crippen LogP contribution is -2.39. The van der Waals surface area contributed by atoms with Crippen LogP contribution in [0.5, 0.6) is 0 Å². The topological polar surface area (TPSA) is 72.2 Å². The van der Waals surface area contributed by atoms with Gasteiger partial charge < -0.3 is 5.11 Å². The van der Waals surface area contributed by atoms with Crippen LogP contribution in [0.1, 0.15) is 48.5 Å². The number of carboxylic acid groups (broad SMARTS) is 1. The molecule has 1 aliphatic carbocycles. The van der Waals surface area contributed by atoms with Crippen molar-refractivity contribution < 1.29 is 23.1 Å². The number of halogens is 3. The standard InChI is InChI=1S/C29H23F3N2O3S/c30-29(31,32)20-11-6-10-19(15-20)23-22(16-18-9-5-8-17-7-1-2-12-21(17)18)33-27(37)34-24(26(35)36)28(38-25(23)34)13-3-4-14-28/h1-2,5-12,15,24H,3-4,13-14,16H2,(H,35,36). The van der Waals surface area contributed by atoms with E-state index in [0.29, 0.717) is 29.1 Å². The number of hydrogen-bond acceptors (Lipinski definition) is 4. The fourth-order valence-electron chi connectivity index (χ4n) is 5.95. The van der Waals surface area contributed by atoms with E-state index in [4.69, 9.17) is 0 Å². The Bertz CT molecular complexity index is 1640. The van der Waals surface area contributed by atoms with Crippen molar-refractivity contribution in [1.29, 1.82) is 0 Å². The second-order valence-electron chi connectivity index (χ2n) is 9.90. The lowest BCUT2D eigenvalue weighted by Gasteiger charge is -2.26. The van der Waals surface area contributed by atoms with Gasteiger partial charge in [0.15, 0.2) is 6.04 Å². The Morgan fingerprint density at radius 1 is 1.05 bits per heavy atom. The predicted octanol–water partition coefficient (Wildman–Crippen LogP) is 6.72. The van der Waals surface area contributed by atoms with Crippen LogP contribution in [0.3, 0.4) is 0 Å². The SMILES string of the molecule is O=C(O)C1n2c(c(-c3cccc(C(F)(F)F)c3)c(Cc3cccc4ccccc34)nc2=O)SC12CCCC2. The monoisotopic (exact) mass is 536 g/mol. The Hall–Kier alpha value is -3.59. The number of carboxylic acids is 1. The second kappa shape index (κ2) is 9.01. The molecule has 0 bridgehead atoms. The number of alkyl halides is 3. The van der Waals surface area contributed by atoms with Gasteiger partial charge in [0.1, 0.15) is 0 Å². The zero-order chi connectivity index (χ0) is 26.7. The third-order valence-electron chi connectivity index (χ3n) is 7.61. The zero-order valence-corrected chi connectivity index (χ0v) is 21.0. The third-order valence-corrected chi connectivity index (χ3v) is 9.25. The summed E-state index contributed by atoms with van der Waals surface area (Å²) in [4.78, 5) is 30.3. The number of aromatic nitrogens is 2. The Morgan fingerprint density at radius 2 is 1.76 bits per heavy atom.